The summed E-state index contributed by atoms with van der Waals surface area (Å²) in [7, 11) is -2.19. The van der Waals surface area contributed by atoms with Crippen LogP contribution in [0.3, 0.4) is 0 Å². The molecule has 0 amide bonds. The maximum Gasteiger partial charge on any atom is 0.335 e. The van der Waals surface area contributed by atoms with Gasteiger partial charge in [-0.1, -0.05) is 6.07 Å². The van der Waals surface area contributed by atoms with Gasteiger partial charge in [0.25, 0.3) is 10.1 Å². The van der Waals surface area contributed by atoms with Crippen molar-refractivity contribution in [3.8, 4) is 17.2 Å². The molecule has 5 aromatic rings. The van der Waals surface area contributed by atoms with Gasteiger partial charge in [0.15, 0.2) is 5.75 Å². The summed E-state index contributed by atoms with van der Waals surface area (Å²) in [5.74, 6) is -2.48. The second kappa shape index (κ2) is 13.5. The molecule has 0 unspecified atom stereocenters. The van der Waals surface area contributed by atoms with E-state index in [1.54, 1.807) is 18.2 Å². The first-order chi connectivity index (χ1) is 22.9. The fourth-order valence-electron chi connectivity index (χ4n) is 4.48. The topological polar surface area (TPSA) is 229 Å². The van der Waals surface area contributed by atoms with Crippen molar-refractivity contribution in [1.29, 1.82) is 0 Å². The summed E-state index contributed by atoms with van der Waals surface area (Å²) in [6, 6.07) is 20.2. The number of phenols is 1. The molecule has 0 radical (unpaired) electrons. The molecular weight excluding hydrogens is 646 g/mol. The normalized spacial score (nSPS) is 11.6. The standard InChI is InChI=1S/C32H25N5O10S/c1-46-26-16-25(27(47-2)15-24(26)35-34-21-10-5-18(6-11-21)32(41)42)36-37-29-28(48(43,44)45)13-19-7-12-22(14-23(19)30(29)38)33-20-8-3-17(4-9-20)31(39)40/h3-16,33,38H,1-2H3,(H,39,40)(H,41,42)(H,43,44,45). The van der Waals surface area contributed by atoms with Gasteiger partial charge in [0, 0.05) is 28.9 Å². The zero-order valence-corrected chi connectivity index (χ0v) is 25.8. The van der Waals surface area contributed by atoms with E-state index in [1.165, 1.54) is 74.9 Å². The van der Waals surface area contributed by atoms with E-state index in [0.29, 0.717) is 17.1 Å². The van der Waals surface area contributed by atoms with Crippen LogP contribution in [0.2, 0.25) is 0 Å². The van der Waals surface area contributed by atoms with Crippen LogP contribution >= 0.6 is 0 Å². The summed E-state index contributed by atoms with van der Waals surface area (Å²) in [5.41, 5.74) is 1.26. The Bertz CT molecular complexity index is 2220. The van der Waals surface area contributed by atoms with Crippen molar-refractivity contribution in [3.63, 3.8) is 0 Å². The number of methoxy groups -OCH3 is 2. The molecule has 0 bridgehead atoms. The molecule has 0 saturated carbocycles. The fraction of sp³-hybridized carbons (Fsp3) is 0.0625. The van der Waals surface area contributed by atoms with Gasteiger partial charge in [0.1, 0.15) is 33.5 Å². The number of carbonyl (C=O) groups is 2. The van der Waals surface area contributed by atoms with E-state index in [9.17, 15) is 27.7 Å². The van der Waals surface area contributed by atoms with Crippen LogP contribution in [0.1, 0.15) is 20.7 Å². The fourth-order valence-corrected chi connectivity index (χ4v) is 5.14. The molecule has 0 aliphatic rings. The van der Waals surface area contributed by atoms with Crippen LogP contribution in [0.5, 0.6) is 17.2 Å². The highest BCUT2D eigenvalue weighted by molar-refractivity contribution is 7.86. The lowest BCUT2D eigenvalue weighted by molar-refractivity contribution is 0.0686. The number of aromatic carboxylic acids is 2. The number of fused-ring (bicyclic) bond motifs is 1. The molecule has 0 aromatic heterocycles. The van der Waals surface area contributed by atoms with Crippen LogP contribution in [-0.2, 0) is 10.1 Å². The lowest BCUT2D eigenvalue weighted by Crippen LogP contribution is -1.99. The van der Waals surface area contributed by atoms with E-state index in [-0.39, 0.29) is 44.8 Å². The molecule has 5 aromatic carbocycles. The van der Waals surface area contributed by atoms with E-state index in [1.807, 2.05) is 0 Å². The highest BCUT2D eigenvalue weighted by atomic mass is 32.2. The van der Waals surface area contributed by atoms with Crippen molar-refractivity contribution >= 4 is 67.0 Å². The van der Waals surface area contributed by atoms with Crippen LogP contribution in [0.15, 0.2) is 110 Å². The molecule has 0 heterocycles. The number of carboxylic acids is 2. The zero-order chi connectivity index (χ0) is 34.6. The molecule has 0 fully saturated rings. The maximum absolute atomic E-state index is 12.3. The van der Waals surface area contributed by atoms with Crippen LogP contribution in [-0.4, -0.2) is 54.4 Å². The number of hydrogen-bond acceptors (Lipinski definition) is 12. The number of nitrogens with zero attached hydrogens (tertiary/aromatic N) is 4. The first-order valence-corrected chi connectivity index (χ1v) is 15.1. The molecule has 0 saturated heterocycles. The molecule has 5 N–H and O–H groups in total. The maximum atomic E-state index is 12.3. The lowest BCUT2D eigenvalue weighted by Gasteiger charge is -2.12. The Balaban J connectivity index is 1.52. The molecule has 5 rings (SSSR count). The van der Waals surface area contributed by atoms with E-state index < -0.39 is 38.4 Å². The number of ether oxygens (including phenoxy) is 2. The first-order valence-electron chi connectivity index (χ1n) is 13.7. The average molecular weight is 672 g/mol. The second-order valence-electron chi connectivity index (χ2n) is 9.94. The summed E-state index contributed by atoms with van der Waals surface area (Å²) >= 11 is 0. The van der Waals surface area contributed by atoms with Gasteiger partial charge >= 0.3 is 11.9 Å². The number of rotatable bonds is 11. The Kier molecular flexibility index (Phi) is 9.30. The highest BCUT2D eigenvalue weighted by Gasteiger charge is 2.23. The number of anilines is 2. The van der Waals surface area contributed by atoms with Crippen LogP contribution in [0, 0.1) is 0 Å². The minimum Gasteiger partial charge on any atom is -0.505 e. The van der Waals surface area contributed by atoms with Crippen molar-refractivity contribution in [2.45, 2.75) is 4.90 Å². The zero-order valence-electron chi connectivity index (χ0n) is 25.0. The monoisotopic (exact) mass is 671 g/mol. The molecule has 0 aliphatic carbocycles. The predicted molar refractivity (Wildman–Crippen MR) is 173 cm³/mol. The number of phenolic OH excluding ortho intramolecular Hbond substituents is 1. The van der Waals surface area contributed by atoms with Crippen molar-refractivity contribution in [2.75, 3.05) is 19.5 Å². The summed E-state index contributed by atoms with van der Waals surface area (Å²) in [5, 5.41) is 49.2. The van der Waals surface area contributed by atoms with E-state index in [2.05, 4.69) is 25.8 Å². The molecule has 0 atom stereocenters. The summed E-state index contributed by atoms with van der Waals surface area (Å²) in [4.78, 5) is 21.5. The Labute approximate surface area is 272 Å². The molecule has 244 valence electrons. The molecule has 15 nitrogen and oxygen atoms in total. The van der Waals surface area contributed by atoms with Crippen LogP contribution < -0.4 is 14.8 Å². The third-order valence-electron chi connectivity index (χ3n) is 6.88. The molecule has 0 aliphatic heterocycles. The van der Waals surface area contributed by atoms with Gasteiger partial charge in [-0.2, -0.15) is 13.5 Å². The first kappa shape index (κ1) is 33.0. The molecule has 16 heteroatoms. The number of aromatic hydroxyl groups is 1. The van der Waals surface area contributed by atoms with Crippen LogP contribution in [0.25, 0.3) is 10.8 Å². The quantitative estimate of drug-likeness (QED) is 0.0672. The largest absolute Gasteiger partial charge is 0.505 e. The Morgan fingerprint density at radius 2 is 1.21 bits per heavy atom. The van der Waals surface area contributed by atoms with E-state index in [4.69, 9.17) is 19.7 Å². The molecule has 48 heavy (non-hydrogen) atoms. The summed E-state index contributed by atoms with van der Waals surface area (Å²) in [6.07, 6.45) is 0. The Hall–Kier alpha value is -6.39. The number of nitrogens with one attached hydrogen (secondary N) is 1. The van der Waals surface area contributed by atoms with Gasteiger partial charge < -0.3 is 30.1 Å². The van der Waals surface area contributed by atoms with Gasteiger partial charge in [-0.05, 0) is 72.1 Å². The summed E-state index contributed by atoms with van der Waals surface area (Å²) < 4.78 is 45.5. The number of hydrogen-bond donors (Lipinski definition) is 5. The molecule has 0 spiro atoms. The summed E-state index contributed by atoms with van der Waals surface area (Å²) in [6.45, 7) is 0. The van der Waals surface area contributed by atoms with Crippen molar-refractivity contribution in [2.24, 2.45) is 20.5 Å². The van der Waals surface area contributed by atoms with Gasteiger partial charge in [-0.25, -0.2) is 9.59 Å². The third kappa shape index (κ3) is 7.19. The van der Waals surface area contributed by atoms with Gasteiger partial charge in [-0.15, -0.1) is 15.3 Å². The smallest absolute Gasteiger partial charge is 0.335 e. The Morgan fingerprint density at radius 1 is 0.688 bits per heavy atom. The second-order valence-corrected chi connectivity index (χ2v) is 11.3. The van der Waals surface area contributed by atoms with E-state index >= 15 is 0 Å². The highest BCUT2D eigenvalue weighted by Crippen LogP contribution is 2.45. The SMILES string of the molecule is COc1cc(N=Nc2c(S(=O)(=O)O)cc3ccc(Nc4ccc(C(=O)O)cc4)cc3c2O)c(OC)cc1N=Nc1ccc(C(=O)O)cc1. The molecular formula is C32H25N5O10S. The van der Waals surface area contributed by atoms with Crippen molar-refractivity contribution in [3.05, 3.63) is 96.1 Å². The average Bonchev–Trinajstić information content (AvgIpc) is 3.06. The third-order valence-corrected chi connectivity index (χ3v) is 7.74. The number of carboxylic acid groups (broad SMARTS) is 2. The van der Waals surface area contributed by atoms with Crippen LogP contribution in [0.4, 0.5) is 34.1 Å². The number of azo groups is 2. The predicted octanol–water partition coefficient (Wildman–Crippen LogP) is 7.78. The van der Waals surface area contributed by atoms with Gasteiger partial charge in [0.05, 0.1) is 31.0 Å². The minimum absolute atomic E-state index is 0.0418. The van der Waals surface area contributed by atoms with E-state index in [0.717, 1.165) is 6.07 Å². The van der Waals surface area contributed by atoms with Crippen molar-refractivity contribution < 1.29 is 47.4 Å². The van der Waals surface area contributed by atoms with Gasteiger partial charge in [0.2, 0.25) is 0 Å². The van der Waals surface area contributed by atoms with Gasteiger partial charge in [-0.3, -0.25) is 4.55 Å². The number of benzene rings is 5. The lowest BCUT2D eigenvalue weighted by atomic mass is 10.1. The minimum atomic E-state index is -4.89. The Morgan fingerprint density at radius 3 is 1.73 bits per heavy atom. The van der Waals surface area contributed by atoms with Crippen molar-refractivity contribution in [1.82, 2.24) is 0 Å².